The average Bonchev–Trinajstić information content (AvgIpc) is 2.84. The molecule has 1 heterocycles. The van der Waals surface area contributed by atoms with Crippen molar-refractivity contribution in [3.63, 3.8) is 0 Å². The Morgan fingerprint density at radius 2 is 2.10 bits per heavy atom. The number of aliphatic carboxylic acids is 1. The van der Waals surface area contributed by atoms with Crippen molar-refractivity contribution in [1.82, 2.24) is 0 Å². The van der Waals surface area contributed by atoms with Gasteiger partial charge in [-0.05, 0) is 36.8 Å². The van der Waals surface area contributed by atoms with E-state index in [2.05, 4.69) is 0 Å². The number of carbonyl (C=O) groups is 1. The van der Waals surface area contributed by atoms with E-state index in [1.165, 1.54) is 18.2 Å². The van der Waals surface area contributed by atoms with Gasteiger partial charge in [0.05, 0.1) is 4.92 Å². The van der Waals surface area contributed by atoms with E-state index in [1.807, 2.05) is 0 Å². The highest BCUT2D eigenvalue weighted by Gasteiger charge is 2.11. The fraction of sp³-hybridized carbons (Fsp3) is 0.0714. The molecule has 2 aromatic rings. The van der Waals surface area contributed by atoms with Gasteiger partial charge in [-0.15, -0.1) is 0 Å². The number of carboxylic acid groups (broad SMARTS) is 1. The lowest BCUT2D eigenvalue weighted by Crippen LogP contribution is -1.89. The van der Waals surface area contributed by atoms with Crippen LogP contribution in [0.4, 0.5) is 5.69 Å². The molecule has 1 aromatic heterocycles. The summed E-state index contributed by atoms with van der Waals surface area (Å²) in [6.45, 7) is 1.75. The van der Waals surface area contributed by atoms with E-state index in [1.54, 1.807) is 25.1 Å². The summed E-state index contributed by atoms with van der Waals surface area (Å²) < 4.78 is 5.48. The third kappa shape index (κ3) is 2.92. The van der Waals surface area contributed by atoms with Gasteiger partial charge < -0.3 is 9.52 Å². The summed E-state index contributed by atoms with van der Waals surface area (Å²) in [5.74, 6) is -0.128. The highest BCUT2D eigenvalue weighted by molar-refractivity contribution is 5.84. The summed E-state index contributed by atoms with van der Waals surface area (Å²) in [5.41, 5.74) is 1.46. The molecule has 0 bridgehead atoms. The maximum Gasteiger partial charge on any atom is 0.328 e. The molecule has 0 spiro atoms. The van der Waals surface area contributed by atoms with Gasteiger partial charge in [-0.2, -0.15) is 0 Å². The number of aryl methyl sites for hydroxylation is 1. The predicted octanol–water partition coefficient (Wildman–Crippen LogP) is 3.26. The zero-order valence-electron chi connectivity index (χ0n) is 10.6. The summed E-state index contributed by atoms with van der Waals surface area (Å²) in [4.78, 5) is 20.6. The molecule has 0 amide bonds. The minimum Gasteiger partial charge on any atom is -0.478 e. The van der Waals surface area contributed by atoms with Crippen molar-refractivity contribution < 1.29 is 19.2 Å². The highest BCUT2D eigenvalue weighted by Crippen LogP contribution is 2.28. The van der Waals surface area contributed by atoms with Crippen molar-refractivity contribution in [3.05, 3.63) is 57.8 Å². The molecule has 2 rings (SSSR count). The first-order valence-corrected chi connectivity index (χ1v) is 5.73. The molecular formula is C14H11NO5. The van der Waals surface area contributed by atoms with Crippen molar-refractivity contribution in [2.45, 2.75) is 6.92 Å². The Morgan fingerprint density at radius 1 is 1.35 bits per heavy atom. The van der Waals surface area contributed by atoms with Crippen LogP contribution in [0.2, 0.25) is 0 Å². The number of rotatable bonds is 4. The van der Waals surface area contributed by atoms with E-state index in [4.69, 9.17) is 9.52 Å². The Labute approximate surface area is 114 Å². The summed E-state index contributed by atoms with van der Waals surface area (Å²) in [6.07, 6.45) is 2.32. The van der Waals surface area contributed by atoms with E-state index < -0.39 is 10.9 Å². The Morgan fingerprint density at radius 3 is 2.70 bits per heavy atom. The number of hydrogen-bond acceptors (Lipinski definition) is 4. The Kier molecular flexibility index (Phi) is 3.65. The Hall–Kier alpha value is -2.89. The topological polar surface area (TPSA) is 93.6 Å². The number of nitro benzene ring substituents is 1. The van der Waals surface area contributed by atoms with E-state index >= 15 is 0 Å². The van der Waals surface area contributed by atoms with Crippen LogP contribution in [0.5, 0.6) is 0 Å². The molecule has 0 fully saturated rings. The van der Waals surface area contributed by atoms with Gasteiger partial charge in [0, 0.05) is 23.8 Å². The van der Waals surface area contributed by atoms with E-state index in [-0.39, 0.29) is 5.69 Å². The van der Waals surface area contributed by atoms with E-state index in [0.717, 1.165) is 11.6 Å². The van der Waals surface area contributed by atoms with Gasteiger partial charge in [-0.3, -0.25) is 10.1 Å². The summed E-state index contributed by atoms with van der Waals surface area (Å²) >= 11 is 0. The monoisotopic (exact) mass is 273 g/mol. The fourth-order valence-electron chi connectivity index (χ4n) is 1.78. The Bertz CT molecular complexity index is 699. The minimum atomic E-state index is -1.06. The molecule has 0 aliphatic carbocycles. The van der Waals surface area contributed by atoms with Crippen molar-refractivity contribution in [2.24, 2.45) is 0 Å². The van der Waals surface area contributed by atoms with Crippen LogP contribution in [0.25, 0.3) is 17.4 Å². The first-order chi connectivity index (χ1) is 9.47. The van der Waals surface area contributed by atoms with Gasteiger partial charge in [0.25, 0.3) is 5.69 Å². The third-order valence-corrected chi connectivity index (χ3v) is 2.70. The second-order valence-corrected chi connectivity index (χ2v) is 4.13. The van der Waals surface area contributed by atoms with Gasteiger partial charge in [0.1, 0.15) is 11.5 Å². The molecule has 0 atom stereocenters. The number of carboxylic acids is 1. The largest absolute Gasteiger partial charge is 0.478 e. The van der Waals surface area contributed by atoms with Crippen molar-refractivity contribution in [2.75, 3.05) is 0 Å². The molecule has 102 valence electrons. The number of benzene rings is 1. The van der Waals surface area contributed by atoms with E-state index in [9.17, 15) is 14.9 Å². The lowest BCUT2D eigenvalue weighted by Gasteiger charge is -2.02. The first kappa shape index (κ1) is 13.5. The Balaban J connectivity index is 2.33. The third-order valence-electron chi connectivity index (χ3n) is 2.70. The molecule has 0 radical (unpaired) electrons. The quantitative estimate of drug-likeness (QED) is 0.524. The highest BCUT2D eigenvalue weighted by atomic mass is 16.6. The molecular weight excluding hydrogens is 262 g/mol. The van der Waals surface area contributed by atoms with Crippen molar-refractivity contribution >= 4 is 17.7 Å². The number of nitrogens with zero attached hydrogens (tertiary/aromatic N) is 1. The smallest absolute Gasteiger partial charge is 0.328 e. The second-order valence-electron chi connectivity index (χ2n) is 4.13. The van der Waals surface area contributed by atoms with Crippen molar-refractivity contribution in [3.8, 4) is 11.3 Å². The first-order valence-electron chi connectivity index (χ1n) is 5.73. The molecule has 6 heteroatoms. The van der Waals surface area contributed by atoms with Crippen LogP contribution in [0.3, 0.4) is 0 Å². The predicted molar refractivity (Wildman–Crippen MR) is 72.2 cm³/mol. The molecule has 20 heavy (non-hydrogen) atoms. The lowest BCUT2D eigenvalue weighted by atomic mass is 10.1. The second kappa shape index (κ2) is 5.40. The zero-order valence-corrected chi connectivity index (χ0v) is 10.6. The lowest BCUT2D eigenvalue weighted by molar-refractivity contribution is -0.384. The molecule has 0 saturated carbocycles. The summed E-state index contributed by atoms with van der Waals surface area (Å²) in [6, 6.07) is 7.80. The van der Waals surface area contributed by atoms with Crippen LogP contribution in [0, 0.1) is 17.0 Å². The van der Waals surface area contributed by atoms with Crippen LogP contribution >= 0.6 is 0 Å². The molecule has 0 unspecified atom stereocenters. The van der Waals surface area contributed by atoms with Gasteiger partial charge in [-0.1, -0.05) is 0 Å². The van der Waals surface area contributed by atoms with Gasteiger partial charge in [-0.25, -0.2) is 4.79 Å². The minimum absolute atomic E-state index is 0.0174. The maximum atomic E-state index is 10.7. The SMILES string of the molecule is Cc1cc([N+](=O)[O-])ccc1-c1ccc(/C=C/C(=O)O)o1. The van der Waals surface area contributed by atoms with Gasteiger partial charge >= 0.3 is 5.97 Å². The molecule has 0 aliphatic rings. The van der Waals surface area contributed by atoms with Crippen molar-refractivity contribution in [1.29, 1.82) is 0 Å². The van der Waals surface area contributed by atoms with Crippen LogP contribution in [-0.2, 0) is 4.79 Å². The van der Waals surface area contributed by atoms with Gasteiger partial charge in [0.2, 0.25) is 0 Å². The maximum absolute atomic E-state index is 10.7. The summed E-state index contributed by atoms with van der Waals surface area (Å²) in [5, 5.41) is 19.2. The normalized spacial score (nSPS) is 10.8. The van der Waals surface area contributed by atoms with Crippen LogP contribution in [0.15, 0.2) is 40.8 Å². The molecule has 1 aromatic carbocycles. The standard InChI is InChI=1S/C14H11NO5/c1-9-8-10(15(18)19)2-5-12(9)13-6-3-11(20-13)4-7-14(16)17/h2-8H,1H3,(H,16,17)/b7-4+. The van der Waals surface area contributed by atoms with E-state index in [0.29, 0.717) is 17.1 Å². The van der Waals surface area contributed by atoms with Gasteiger partial charge in [0.15, 0.2) is 0 Å². The fourth-order valence-corrected chi connectivity index (χ4v) is 1.78. The molecule has 1 N–H and O–H groups in total. The molecule has 0 saturated heterocycles. The number of hydrogen-bond donors (Lipinski definition) is 1. The number of nitro groups is 1. The molecule has 6 nitrogen and oxygen atoms in total. The molecule has 0 aliphatic heterocycles. The number of non-ortho nitro benzene ring substituents is 1. The van der Waals surface area contributed by atoms with Crippen LogP contribution < -0.4 is 0 Å². The summed E-state index contributed by atoms with van der Waals surface area (Å²) in [7, 11) is 0. The average molecular weight is 273 g/mol. The van der Waals surface area contributed by atoms with Crippen LogP contribution in [0.1, 0.15) is 11.3 Å². The van der Waals surface area contributed by atoms with Crippen LogP contribution in [-0.4, -0.2) is 16.0 Å². The number of furan rings is 1. The zero-order chi connectivity index (χ0) is 14.7.